The first-order chi connectivity index (χ1) is 13.8. The van der Waals surface area contributed by atoms with Gasteiger partial charge >= 0.3 is 0 Å². The zero-order chi connectivity index (χ0) is 20.3. The molecule has 28 heavy (non-hydrogen) atoms. The number of hydrogen-bond donors (Lipinski definition) is 1. The van der Waals surface area contributed by atoms with Crippen LogP contribution in [-0.2, 0) is 9.47 Å². The highest BCUT2D eigenvalue weighted by Gasteiger charge is 2.25. The molecule has 0 amide bonds. The number of aliphatic hydroxyl groups excluding tert-OH is 1. The zero-order valence-corrected chi connectivity index (χ0v) is 19.1. The molecule has 3 atom stereocenters. The van der Waals surface area contributed by atoms with Crippen LogP contribution < -0.4 is 0 Å². The maximum absolute atomic E-state index is 9.85. The maximum Gasteiger partial charge on any atom is 0.154 e. The quantitative estimate of drug-likeness (QED) is 0.171. The third kappa shape index (κ3) is 14.8. The maximum atomic E-state index is 9.85. The summed E-state index contributed by atoms with van der Waals surface area (Å²) in [6.45, 7) is 5.91. The van der Waals surface area contributed by atoms with Crippen molar-refractivity contribution in [3.8, 4) is 0 Å². The first-order valence-electron chi connectivity index (χ1n) is 12.7. The molecule has 3 heteroatoms. The summed E-state index contributed by atoms with van der Waals surface area (Å²) < 4.78 is 11.4. The highest BCUT2D eigenvalue weighted by molar-refractivity contribution is 4.73. The molecule has 3 unspecified atom stereocenters. The summed E-state index contributed by atoms with van der Waals surface area (Å²) in [6, 6.07) is 0. The molecule has 0 saturated carbocycles. The third-order valence-electron chi connectivity index (χ3n) is 6.16. The summed E-state index contributed by atoms with van der Waals surface area (Å²) >= 11 is 0. The van der Waals surface area contributed by atoms with Gasteiger partial charge < -0.3 is 14.6 Å². The predicted molar refractivity (Wildman–Crippen MR) is 120 cm³/mol. The monoisotopic (exact) mass is 398 g/mol. The van der Waals surface area contributed by atoms with Gasteiger partial charge in [0.1, 0.15) is 0 Å². The Labute approximate surface area is 176 Å². The van der Waals surface area contributed by atoms with E-state index in [9.17, 15) is 5.11 Å². The van der Waals surface area contributed by atoms with E-state index in [1.54, 1.807) is 0 Å². The Hall–Kier alpha value is -0.120. The van der Waals surface area contributed by atoms with Gasteiger partial charge in [0.25, 0.3) is 0 Å². The van der Waals surface area contributed by atoms with Gasteiger partial charge in [-0.3, -0.25) is 0 Å². The SMILES string of the molecule is CCCCCCCCCCCCCCC1COC(COC(O)CCCCC)C1. The lowest BCUT2D eigenvalue weighted by Gasteiger charge is -2.15. The topological polar surface area (TPSA) is 38.7 Å². The lowest BCUT2D eigenvalue weighted by Crippen LogP contribution is -2.21. The van der Waals surface area contributed by atoms with Crippen LogP contribution in [-0.4, -0.2) is 30.7 Å². The molecule has 0 spiro atoms. The van der Waals surface area contributed by atoms with Crippen molar-refractivity contribution in [1.29, 1.82) is 0 Å². The van der Waals surface area contributed by atoms with Crippen LogP contribution in [0.2, 0.25) is 0 Å². The summed E-state index contributed by atoms with van der Waals surface area (Å²) in [7, 11) is 0. The van der Waals surface area contributed by atoms with E-state index in [4.69, 9.17) is 9.47 Å². The molecule has 1 rings (SSSR count). The standard InChI is InChI=1S/C25H50O3/c1-3-5-7-8-9-10-11-12-13-14-15-17-18-23-20-24(27-21-23)22-28-25(26)19-16-6-4-2/h23-26H,3-22H2,1-2H3. The number of rotatable bonds is 20. The molecule has 1 heterocycles. The molecular formula is C25H50O3. The van der Waals surface area contributed by atoms with Crippen molar-refractivity contribution in [3.05, 3.63) is 0 Å². The van der Waals surface area contributed by atoms with Crippen LogP contribution in [0.3, 0.4) is 0 Å². The summed E-state index contributed by atoms with van der Waals surface area (Å²) in [4.78, 5) is 0. The van der Waals surface area contributed by atoms with Gasteiger partial charge in [0.05, 0.1) is 12.7 Å². The lowest BCUT2D eigenvalue weighted by molar-refractivity contribution is -0.127. The van der Waals surface area contributed by atoms with Crippen LogP contribution in [0, 0.1) is 5.92 Å². The Morgan fingerprint density at radius 1 is 0.786 bits per heavy atom. The Morgan fingerprint density at radius 3 is 1.93 bits per heavy atom. The molecule has 0 aromatic rings. The van der Waals surface area contributed by atoms with Gasteiger partial charge in [0, 0.05) is 6.61 Å². The van der Waals surface area contributed by atoms with Gasteiger partial charge in [-0.2, -0.15) is 0 Å². The summed E-state index contributed by atoms with van der Waals surface area (Å²) in [5.41, 5.74) is 0. The Morgan fingerprint density at radius 2 is 1.32 bits per heavy atom. The Balaban J connectivity index is 1.84. The van der Waals surface area contributed by atoms with E-state index in [1.165, 1.54) is 96.3 Å². The first kappa shape index (κ1) is 25.9. The largest absolute Gasteiger partial charge is 0.376 e. The average molecular weight is 399 g/mol. The summed E-state index contributed by atoms with van der Waals surface area (Å²) in [5, 5.41) is 9.85. The van der Waals surface area contributed by atoms with Crippen molar-refractivity contribution in [2.24, 2.45) is 5.92 Å². The highest BCUT2D eigenvalue weighted by Crippen LogP contribution is 2.25. The fraction of sp³-hybridized carbons (Fsp3) is 1.00. The van der Waals surface area contributed by atoms with Crippen LogP contribution in [0.5, 0.6) is 0 Å². The van der Waals surface area contributed by atoms with E-state index in [0.29, 0.717) is 12.5 Å². The number of ether oxygens (including phenoxy) is 2. The zero-order valence-electron chi connectivity index (χ0n) is 19.1. The fourth-order valence-electron chi connectivity index (χ4n) is 4.24. The van der Waals surface area contributed by atoms with Gasteiger partial charge in [-0.25, -0.2) is 0 Å². The lowest BCUT2D eigenvalue weighted by atomic mass is 9.97. The van der Waals surface area contributed by atoms with Crippen LogP contribution in [0.1, 0.15) is 129 Å². The second kappa shape index (κ2) is 18.9. The van der Waals surface area contributed by atoms with E-state index in [2.05, 4.69) is 13.8 Å². The van der Waals surface area contributed by atoms with Crippen LogP contribution >= 0.6 is 0 Å². The predicted octanol–water partition coefficient (Wildman–Crippen LogP) is 7.40. The van der Waals surface area contributed by atoms with Gasteiger partial charge in [-0.1, -0.05) is 104 Å². The minimum atomic E-state index is -0.606. The second-order valence-electron chi connectivity index (χ2n) is 9.02. The Bertz CT molecular complexity index is 321. The van der Waals surface area contributed by atoms with Crippen molar-refractivity contribution in [2.45, 2.75) is 142 Å². The van der Waals surface area contributed by atoms with Crippen molar-refractivity contribution in [2.75, 3.05) is 13.2 Å². The molecule has 1 N–H and O–H groups in total. The van der Waals surface area contributed by atoms with Gasteiger partial charge in [-0.15, -0.1) is 0 Å². The molecule has 1 aliphatic heterocycles. The van der Waals surface area contributed by atoms with Crippen molar-refractivity contribution >= 4 is 0 Å². The number of aliphatic hydroxyl groups is 1. The normalized spacial score (nSPS) is 20.7. The van der Waals surface area contributed by atoms with Crippen LogP contribution in [0.15, 0.2) is 0 Å². The van der Waals surface area contributed by atoms with E-state index in [-0.39, 0.29) is 6.10 Å². The van der Waals surface area contributed by atoms with Crippen molar-refractivity contribution in [3.63, 3.8) is 0 Å². The Kier molecular flexibility index (Phi) is 17.5. The van der Waals surface area contributed by atoms with Gasteiger partial charge in [-0.05, 0) is 31.6 Å². The second-order valence-corrected chi connectivity index (χ2v) is 9.02. The van der Waals surface area contributed by atoms with Crippen LogP contribution in [0.4, 0.5) is 0 Å². The number of unbranched alkanes of at least 4 members (excludes halogenated alkanes) is 13. The van der Waals surface area contributed by atoms with Crippen molar-refractivity contribution < 1.29 is 14.6 Å². The van der Waals surface area contributed by atoms with E-state index >= 15 is 0 Å². The van der Waals surface area contributed by atoms with Crippen molar-refractivity contribution in [1.82, 2.24) is 0 Å². The molecule has 0 radical (unpaired) electrons. The smallest absolute Gasteiger partial charge is 0.154 e. The molecule has 0 aromatic carbocycles. The van der Waals surface area contributed by atoms with Gasteiger partial charge in [0.2, 0.25) is 0 Å². The molecular weight excluding hydrogens is 348 g/mol. The first-order valence-corrected chi connectivity index (χ1v) is 12.7. The van der Waals surface area contributed by atoms with Crippen LogP contribution in [0.25, 0.3) is 0 Å². The average Bonchev–Trinajstić information content (AvgIpc) is 3.15. The molecule has 0 bridgehead atoms. The fourth-order valence-corrected chi connectivity index (χ4v) is 4.24. The molecule has 1 fully saturated rings. The molecule has 168 valence electrons. The number of hydrogen-bond acceptors (Lipinski definition) is 3. The summed E-state index contributed by atoms with van der Waals surface area (Å²) in [6.07, 6.45) is 23.1. The molecule has 0 aliphatic carbocycles. The summed E-state index contributed by atoms with van der Waals surface area (Å²) in [5.74, 6) is 0.703. The van der Waals surface area contributed by atoms with E-state index < -0.39 is 6.29 Å². The molecule has 1 aliphatic rings. The van der Waals surface area contributed by atoms with E-state index in [1.807, 2.05) is 0 Å². The minimum Gasteiger partial charge on any atom is -0.376 e. The molecule has 1 saturated heterocycles. The van der Waals surface area contributed by atoms with E-state index in [0.717, 1.165) is 25.9 Å². The highest BCUT2D eigenvalue weighted by atomic mass is 16.6. The molecule has 3 nitrogen and oxygen atoms in total. The van der Waals surface area contributed by atoms with Gasteiger partial charge in [0.15, 0.2) is 6.29 Å². The third-order valence-corrected chi connectivity index (χ3v) is 6.16. The minimum absolute atomic E-state index is 0.197. The molecule has 0 aromatic heterocycles.